The van der Waals surface area contributed by atoms with Crippen molar-refractivity contribution in [2.75, 3.05) is 0 Å². The predicted molar refractivity (Wildman–Crippen MR) is 113 cm³/mol. The maximum atomic E-state index is 2.41. The summed E-state index contributed by atoms with van der Waals surface area (Å²) in [5, 5.41) is 0. The van der Waals surface area contributed by atoms with Gasteiger partial charge in [-0.1, -0.05) is 65.4 Å². The van der Waals surface area contributed by atoms with Gasteiger partial charge in [-0.15, -0.1) is 0 Å². The molecule has 0 unspecified atom stereocenters. The molecule has 25 heavy (non-hydrogen) atoms. The van der Waals surface area contributed by atoms with Gasteiger partial charge in [0, 0.05) is 9.79 Å². The van der Waals surface area contributed by atoms with Crippen molar-refractivity contribution in [3.05, 3.63) is 57.6 Å². The third-order valence-electron chi connectivity index (χ3n) is 4.88. The first-order chi connectivity index (χ1) is 11.3. The van der Waals surface area contributed by atoms with Crippen molar-refractivity contribution in [3.63, 3.8) is 0 Å². The van der Waals surface area contributed by atoms with Gasteiger partial charge in [0.15, 0.2) is 0 Å². The number of benzene rings is 2. The van der Waals surface area contributed by atoms with Gasteiger partial charge in [-0.25, -0.2) is 0 Å². The first-order valence-corrected chi connectivity index (χ1v) is 10.0. The molecule has 0 aliphatic rings. The van der Waals surface area contributed by atoms with Gasteiger partial charge in [0.1, 0.15) is 0 Å². The van der Waals surface area contributed by atoms with E-state index in [1.54, 1.807) is 0 Å². The summed E-state index contributed by atoms with van der Waals surface area (Å²) in [5.74, 6) is 0. The molecular formula is C24H34S. The van der Waals surface area contributed by atoms with E-state index in [0.29, 0.717) is 0 Å². The molecule has 0 heterocycles. The summed E-state index contributed by atoms with van der Waals surface area (Å²) in [5.41, 5.74) is 8.76. The Morgan fingerprint density at radius 2 is 0.840 bits per heavy atom. The molecule has 0 spiro atoms. The van der Waals surface area contributed by atoms with Crippen molar-refractivity contribution in [1.82, 2.24) is 0 Å². The number of aryl methyl sites for hydroxylation is 4. The third-order valence-corrected chi connectivity index (χ3v) is 6.20. The van der Waals surface area contributed by atoms with Gasteiger partial charge < -0.3 is 0 Å². The zero-order chi connectivity index (χ0) is 19.2. The third kappa shape index (κ3) is 4.50. The lowest BCUT2D eigenvalue weighted by Gasteiger charge is -2.25. The Morgan fingerprint density at radius 3 is 1.12 bits per heavy atom. The summed E-state index contributed by atoms with van der Waals surface area (Å²) < 4.78 is 0. The first-order valence-electron chi connectivity index (χ1n) is 9.22. The van der Waals surface area contributed by atoms with Crippen LogP contribution in [0.3, 0.4) is 0 Å². The summed E-state index contributed by atoms with van der Waals surface area (Å²) in [6.45, 7) is 22.7. The lowest BCUT2D eigenvalue weighted by molar-refractivity contribution is 0.584. The lowest BCUT2D eigenvalue weighted by atomic mass is 9.83. The van der Waals surface area contributed by atoms with E-state index in [1.165, 1.54) is 43.2 Å². The van der Waals surface area contributed by atoms with Crippen molar-refractivity contribution >= 4 is 11.8 Å². The molecule has 0 nitrogen and oxygen atoms in total. The van der Waals surface area contributed by atoms with E-state index in [2.05, 4.69) is 93.5 Å². The number of hydrogen-bond donors (Lipinski definition) is 0. The molecule has 2 rings (SSSR count). The second kappa shape index (κ2) is 6.83. The minimum Gasteiger partial charge on any atom is -0.0895 e. The Labute approximate surface area is 159 Å². The van der Waals surface area contributed by atoms with Gasteiger partial charge in [-0.05, 0) is 84.0 Å². The highest BCUT2D eigenvalue weighted by Gasteiger charge is 2.20. The van der Waals surface area contributed by atoms with Crippen LogP contribution in [0.5, 0.6) is 0 Å². The smallest absolute Gasteiger partial charge is 0.0154 e. The van der Waals surface area contributed by atoms with Crippen LogP contribution in [0.4, 0.5) is 0 Å². The van der Waals surface area contributed by atoms with Gasteiger partial charge in [-0.2, -0.15) is 0 Å². The minimum atomic E-state index is 0.173. The molecule has 0 bridgehead atoms. The highest BCUT2D eigenvalue weighted by Crippen LogP contribution is 2.39. The molecule has 0 fully saturated rings. The highest BCUT2D eigenvalue weighted by molar-refractivity contribution is 7.99. The van der Waals surface area contributed by atoms with E-state index in [4.69, 9.17) is 0 Å². The van der Waals surface area contributed by atoms with Crippen LogP contribution in [-0.4, -0.2) is 0 Å². The zero-order valence-electron chi connectivity index (χ0n) is 17.7. The molecule has 0 radical (unpaired) electrons. The topological polar surface area (TPSA) is 0 Å². The van der Waals surface area contributed by atoms with Crippen molar-refractivity contribution in [2.24, 2.45) is 0 Å². The molecule has 0 N–H and O–H groups in total. The quantitative estimate of drug-likeness (QED) is 0.533. The van der Waals surface area contributed by atoms with Crippen LogP contribution in [0.2, 0.25) is 0 Å². The summed E-state index contributed by atoms with van der Waals surface area (Å²) in [4.78, 5) is 2.75. The van der Waals surface area contributed by atoms with Crippen molar-refractivity contribution in [2.45, 2.75) is 89.9 Å². The second-order valence-electron chi connectivity index (χ2n) is 9.47. The summed E-state index contributed by atoms with van der Waals surface area (Å²) >= 11 is 1.92. The van der Waals surface area contributed by atoms with Gasteiger partial charge in [0.05, 0.1) is 0 Å². The molecule has 0 saturated carbocycles. The maximum Gasteiger partial charge on any atom is 0.0154 e. The van der Waals surface area contributed by atoms with Gasteiger partial charge >= 0.3 is 0 Å². The van der Waals surface area contributed by atoms with Crippen LogP contribution in [0, 0.1) is 27.7 Å². The van der Waals surface area contributed by atoms with Crippen LogP contribution in [0.15, 0.2) is 34.1 Å². The van der Waals surface area contributed by atoms with E-state index in [-0.39, 0.29) is 10.8 Å². The maximum absolute atomic E-state index is 2.41. The Bertz CT molecular complexity index is 716. The highest BCUT2D eigenvalue weighted by atomic mass is 32.2. The summed E-state index contributed by atoms with van der Waals surface area (Å²) in [6.07, 6.45) is 0. The fourth-order valence-electron chi connectivity index (χ4n) is 3.62. The van der Waals surface area contributed by atoms with Crippen molar-refractivity contribution < 1.29 is 0 Å². The molecule has 0 saturated heterocycles. The van der Waals surface area contributed by atoms with Crippen molar-refractivity contribution in [1.29, 1.82) is 0 Å². The molecule has 0 aromatic heterocycles. The predicted octanol–water partition coefficient (Wildman–Crippen LogP) is 7.67. The van der Waals surface area contributed by atoms with Gasteiger partial charge in [0.25, 0.3) is 0 Å². The molecule has 0 atom stereocenters. The van der Waals surface area contributed by atoms with E-state index in [9.17, 15) is 0 Å². The van der Waals surface area contributed by atoms with Crippen molar-refractivity contribution in [3.8, 4) is 0 Å². The summed E-state index contributed by atoms with van der Waals surface area (Å²) in [7, 11) is 0. The Hall–Kier alpha value is -1.21. The lowest BCUT2D eigenvalue weighted by Crippen LogP contribution is -2.14. The van der Waals surface area contributed by atoms with E-state index in [0.717, 1.165) is 0 Å². The monoisotopic (exact) mass is 354 g/mol. The molecule has 1 heteroatoms. The molecule has 2 aromatic carbocycles. The molecule has 0 aliphatic heterocycles. The summed E-state index contributed by atoms with van der Waals surface area (Å²) in [6, 6.07) is 9.50. The molecule has 136 valence electrons. The minimum absolute atomic E-state index is 0.173. The Balaban J connectivity index is 2.54. The van der Waals surface area contributed by atoms with Crippen LogP contribution >= 0.6 is 11.8 Å². The van der Waals surface area contributed by atoms with Crippen LogP contribution < -0.4 is 0 Å². The largest absolute Gasteiger partial charge is 0.0895 e. The SMILES string of the molecule is Cc1cc(C)c(C(C)(C)C)cc1Sc1cc(C(C)(C)C)c(C)cc1C. The van der Waals surface area contributed by atoms with Crippen LogP contribution in [-0.2, 0) is 10.8 Å². The van der Waals surface area contributed by atoms with E-state index >= 15 is 0 Å². The Kier molecular flexibility index (Phi) is 5.50. The number of hydrogen-bond acceptors (Lipinski definition) is 1. The molecular weight excluding hydrogens is 320 g/mol. The normalized spacial score (nSPS) is 12.6. The second-order valence-corrected chi connectivity index (χ2v) is 10.6. The molecule has 2 aromatic rings. The Morgan fingerprint density at radius 1 is 0.520 bits per heavy atom. The van der Waals surface area contributed by atoms with E-state index < -0.39 is 0 Å². The van der Waals surface area contributed by atoms with Gasteiger partial charge in [0.2, 0.25) is 0 Å². The average Bonchev–Trinajstić information content (AvgIpc) is 2.41. The fraction of sp³-hybridized carbons (Fsp3) is 0.500. The van der Waals surface area contributed by atoms with Gasteiger partial charge in [-0.3, -0.25) is 0 Å². The molecule has 0 amide bonds. The van der Waals surface area contributed by atoms with Crippen LogP contribution in [0.1, 0.15) is 74.9 Å². The van der Waals surface area contributed by atoms with Crippen LogP contribution in [0.25, 0.3) is 0 Å². The molecule has 0 aliphatic carbocycles. The number of rotatable bonds is 2. The zero-order valence-corrected chi connectivity index (χ0v) is 18.5. The van der Waals surface area contributed by atoms with E-state index in [1.807, 2.05) is 11.8 Å². The average molecular weight is 355 g/mol. The standard InChI is InChI=1S/C24H34S/c1-15-11-17(3)21(13-19(15)23(5,6)7)25-22-14-20(24(8,9)10)16(2)12-18(22)4/h11-14H,1-10H3. The first kappa shape index (κ1) is 20.1. The fourth-order valence-corrected chi connectivity index (χ4v) is 4.65.